The molecule has 1 fully saturated rings. The summed E-state index contributed by atoms with van der Waals surface area (Å²) in [5.74, 6) is 0.882. The Morgan fingerprint density at radius 3 is 2.54 bits per heavy atom. The van der Waals surface area contributed by atoms with Gasteiger partial charge in [-0.15, -0.1) is 6.58 Å². The lowest BCUT2D eigenvalue weighted by Crippen LogP contribution is -2.42. The van der Waals surface area contributed by atoms with Crippen LogP contribution in [0.5, 0.6) is 0 Å². The maximum Gasteiger partial charge on any atom is 0.191 e. The van der Waals surface area contributed by atoms with Crippen LogP contribution in [0.15, 0.2) is 12.7 Å². The minimum Gasteiger partial charge on any atom is -0.417 e. The predicted molar refractivity (Wildman–Crippen MR) is 105 cm³/mol. The van der Waals surface area contributed by atoms with Gasteiger partial charge >= 0.3 is 0 Å². The van der Waals surface area contributed by atoms with E-state index < -0.39 is 8.32 Å². The van der Waals surface area contributed by atoms with E-state index in [0.29, 0.717) is 11.8 Å². The quantitative estimate of drug-likeness (QED) is 0.282. The summed E-state index contributed by atoms with van der Waals surface area (Å²) in [7, 11) is -1.67. The Labute approximate surface area is 151 Å². The van der Waals surface area contributed by atoms with Gasteiger partial charge in [-0.2, -0.15) is 0 Å². The first-order valence-corrected chi connectivity index (χ1v) is 12.5. The molecule has 24 heavy (non-hydrogen) atoms. The van der Waals surface area contributed by atoms with Crippen molar-refractivity contribution in [1.29, 1.82) is 0 Å². The zero-order valence-electron chi connectivity index (χ0n) is 17.1. The average Bonchev–Trinajstić information content (AvgIpc) is 2.86. The van der Waals surface area contributed by atoms with Crippen molar-refractivity contribution >= 4 is 8.32 Å². The van der Waals surface area contributed by atoms with Crippen LogP contribution < -0.4 is 0 Å². The first-order valence-electron chi connectivity index (χ1n) is 9.64. The topological polar surface area (TPSA) is 27.7 Å². The van der Waals surface area contributed by atoms with Gasteiger partial charge in [0, 0.05) is 25.6 Å². The Morgan fingerprint density at radius 2 is 2.00 bits per heavy atom. The van der Waals surface area contributed by atoms with Crippen molar-refractivity contribution in [1.82, 2.24) is 0 Å². The van der Waals surface area contributed by atoms with E-state index in [0.717, 1.165) is 38.9 Å². The van der Waals surface area contributed by atoms with Crippen molar-refractivity contribution < 1.29 is 13.9 Å². The van der Waals surface area contributed by atoms with Gasteiger partial charge in [-0.3, -0.25) is 0 Å². The van der Waals surface area contributed by atoms with Crippen LogP contribution in [0.2, 0.25) is 18.1 Å². The summed E-state index contributed by atoms with van der Waals surface area (Å²) in [4.78, 5) is 0. The van der Waals surface area contributed by atoms with Crippen LogP contribution in [0.25, 0.3) is 0 Å². The lowest BCUT2D eigenvalue weighted by atomic mass is 9.94. The number of unbranched alkanes of at least 4 members (excludes halogenated alkanes) is 1. The van der Waals surface area contributed by atoms with E-state index in [9.17, 15) is 0 Å². The van der Waals surface area contributed by atoms with Crippen molar-refractivity contribution in [2.75, 3.05) is 13.2 Å². The third kappa shape index (κ3) is 6.62. The van der Waals surface area contributed by atoms with Crippen LogP contribution in [0.4, 0.5) is 0 Å². The normalized spacial score (nSPS) is 26.5. The molecule has 0 amide bonds. The average molecular weight is 357 g/mol. The molecule has 4 heteroatoms. The molecule has 1 rings (SSSR count). The van der Waals surface area contributed by atoms with Gasteiger partial charge in [0.05, 0.1) is 6.10 Å². The minimum atomic E-state index is -1.67. The highest BCUT2D eigenvalue weighted by Gasteiger charge is 2.38. The molecule has 1 aliphatic rings. The van der Waals surface area contributed by atoms with Crippen LogP contribution in [-0.4, -0.2) is 33.9 Å². The van der Waals surface area contributed by atoms with E-state index >= 15 is 0 Å². The second kappa shape index (κ2) is 9.51. The summed E-state index contributed by atoms with van der Waals surface area (Å²) in [5.41, 5.74) is 0. The lowest BCUT2D eigenvalue weighted by Gasteiger charge is -2.37. The van der Waals surface area contributed by atoms with E-state index in [1.165, 1.54) is 0 Å². The number of hydrogen-bond donors (Lipinski definition) is 0. The lowest BCUT2D eigenvalue weighted by molar-refractivity contribution is -0.137. The molecule has 1 saturated heterocycles. The maximum absolute atomic E-state index is 6.37. The van der Waals surface area contributed by atoms with Crippen molar-refractivity contribution in [2.24, 2.45) is 11.8 Å². The monoisotopic (exact) mass is 356 g/mol. The fourth-order valence-corrected chi connectivity index (χ4v) is 3.84. The van der Waals surface area contributed by atoms with Gasteiger partial charge in [0.25, 0.3) is 0 Å². The van der Waals surface area contributed by atoms with Crippen LogP contribution >= 0.6 is 0 Å². The summed E-state index contributed by atoms with van der Waals surface area (Å²) in [6.07, 6.45) is 6.40. The highest BCUT2D eigenvalue weighted by atomic mass is 28.4. The molecule has 3 nitrogen and oxygen atoms in total. The SMILES string of the molecule is C=C[C@@H]1CC(OCCCC)O[C@H]1C[C@H](C)CO[Si](C)(C)C(C)(C)C. The third-order valence-corrected chi connectivity index (χ3v) is 10.0. The first kappa shape index (κ1) is 21.9. The molecule has 1 aliphatic heterocycles. The van der Waals surface area contributed by atoms with Crippen LogP contribution in [0.3, 0.4) is 0 Å². The largest absolute Gasteiger partial charge is 0.417 e. The Kier molecular flexibility index (Phi) is 8.67. The van der Waals surface area contributed by atoms with Gasteiger partial charge in [0.2, 0.25) is 0 Å². The summed E-state index contributed by atoms with van der Waals surface area (Å²) in [6, 6.07) is 0. The van der Waals surface area contributed by atoms with E-state index in [4.69, 9.17) is 13.9 Å². The van der Waals surface area contributed by atoms with E-state index in [2.05, 4.69) is 54.3 Å². The molecule has 0 aromatic carbocycles. The highest BCUT2D eigenvalue weighted by molar-refractivity contribution is 6.74. The summed E-state index contributed by atoms with van der Waals surface area (Å²) in [5, 5.41) is 0.262. The van der Waals surface area contributed by atoms with Crippen LogP contribution in [-0.2, 0) is 13.9 Å². The van der Waals surface area contributed by atoms with Crippen molar-refractivity contribution in [2.45, 2.75) is 90.8 Å². The fraction of sp³-hybridized carbons (Fsp3) is 0.900. The molecule has 4 atom stereocenters. The van der Waals surface area contributed by atoms with Gasteiger partial charge in [-0.1, -0.05) is 47.1 Å². The summed E-state index contributed by atoms with van der Waals surface area (Å²) in [6.45, 7) is 21.5. The Morgan fingerprint density at radius 1 is 1.33 bits per heavy atom. The molecule has 1 unspecified atom stereocenters. The molecule has 0 aromatic heterocycles. The summed E-state index contributed by atoms with van der Waals surface area (Å²) < 4.78 is 18.4. The predicted octanol–water partition coefficient (Wildman–Crippen LogP) is 5.77. The maximum atomic E-state index is 6.37. The van der Waals surface area contributed by atoms with Crippen molar-refractivity contribution in [3.63, 3.8) is 0 Å². The second-order valence-corrected chi connectivity index (χ2v) is 13.7. The molecule has 0 N–H and O–H groups in total. The molecule has 0 saturated carbocycles. The molecule has 0 aromatic rings. The van der Waals surface area contributed by atoms with Crippen LogP contribution in [0, 0.1) is 11.8 Å². The molecule has 142 valence electrons. The van der Waals surface area contributed by atoms with Gasteiger partial charge in [0.1, 0.15) is 0 Å². The smallest absolute Gasteiger partial charge is 0.191 e. The van der Waals surface area contributed by atoms with E-state index in [1.54, 1.807) is 0 Å². The molecular weight excluding hydrogens is 316 g/mol. The molecule has 0 spiro atoms. The standard InChI is InChI=1S/C20H40O3Si/c1-9-11-12-21-19-14-17(10-2)18(23-19)13-16(3)15-22-24(7,8)20(4,5)6/h10,16-19H,2,9,11-15H2,1,3-8H3/t16-,17+,18-,19?/m0/s1. The van der Waals surface area contributed by atoms with Crippen molar-refractivity contribution in [3.8, 4) is 0 Å². The van der Waals surface area contributed by atoms with Gasteiger partial charge in [0.15, 0.2) is 14.6 Å². The minimum absolute atomic E-state index is 0.0574. The molecule has 0 aliphatic carbocycles. The van der Waals surface area contributed by atoms with Gasteiger partial charge in [-0.25, -0.2) is 0 Å². The van der Waals surface area contributed by atoms with Crippen LogP contribution in [0.1, 0.15) is 60.3 Å². The third-order valence-electron chi connectivity index (χ3n) is 5.54. The first-order chi connectivity index (χ1) is 11.1. The zero-order chi connectivity index (χ0) is 18.4. The van der Waals surface area contributed by atoms with E-state index in [-0.39, 0.29) is 17.4 Å². The Hall–Kier alpha value is -0.163. The molecular formula is C20H40O3Si. The molecule has 0 radical (unpaired) electrons. The van der Waals surface area contributed by atoms with Gasteiger partial charge < -0.3 is 13.9 Å². The highest BCUT2D eigenvalue weighted by Crippen LogP contribution is 2.37. The fourth-order valence-electron chi connectivity index (χ4n) is 2.70. The second-order valence-electron chi connectivity index (χ2n) is 8.88. The van der Waals surface area contributed by atoms with Gasteiger partial charge in [-0.05, 0) is 36.9 Å². The number of rotatable bonds is 10. The zero-order valence-corrected chi connectivity index (χ0v) is 18.1. The molecule has 1 heterocycles. The Balaban J connectivity index is 2.44. The summed E-state index contributed by atoms with van der Waals surface area (Å²) >= 11 is 0. The van der Waals surface area contributed by atoms with E-state index in [1.807, 2.05) is 6.08 Å². The molecule has 0 bridgehead atoms. The number of ether oxygens (including phenoxy) is 2. The van der Waals surface area contributed by atoms with Crippen molar-refractivity contribution in [3.05, 3.63) is 12.7 Å². The number of hydrogen-bond acceptors (Lipinski definition) is 3. The Bertz CT molecular complexity index is 376.